The van der Waals surface area contributed by atoms with Crippen molar-refractivity contribution in [1.82, 2.24) is 0 Å². The Kier molecular flexibility index (Phi) is 5.92. The summed E-state index contributed by atoms with van der Waals surface area (Å²) in [6.07, 6.45) is 0. The predicted molar refractivity (Wildman–Crippen MR) is 73.1 cm³/mol. The van der Waals surface area contributed by atoms with E-state index in [0.29, 0.717) is 5.56 Å². The smallest absolute Gasteiger partial charge is 0.313 e. The van der Waals surface area contributed by atoms with Gasteiger partial charge in [-0.15, -0.1) is 12.4 Å². The summed E-state index contributed by atoms with van der Waals surface area (Å²) in [4.78, 5) is 21.8. The van der Waals surface area contributed by atoms with E-state index in [1.54, 1.807) is 26.0 Å². The number of ether oxygens (including phenoxy) is 1. The predicted octanol–water partition coefficient (Wildman–Crippen LogP) is 2.22. The molecule has 1 rings (SSSR count). The van der Waals surface area contributed by atoms with E-state index in [0.717, 1.165) is 0 Å². The summed E-state index contributed by atoms with van der Waals surface area (Å²) in [6.45, 7) is 3.28. The molecule has 0 radical (unpaired) electrons. The molecule has 7 heteroatoms. The molecule has 0 unspecified atom stereocenters. The number of nitrogens with zero attached hydrogens (tertiary/aromatic N) is 1. The summed E-state index contributed by atoms with van der Waals surface area (Å²) < 4.78 is 4.68. The quantitative estimate of drug-likeness (QED) is 0.520. The number of esters is 1. The molecule has 0 aliphatic heterocycles. The fourth-order valence-electron chi connectivity index (χ4n) is 1.64. The number of methoxy groups -OCH3 is 1. The topological polar surface area (TPSA) is 95.5 Å². The molecule has 0 heterocycles. The first-order chi connectivity index (χ1) is 8.30. The van der Waals surface area contributed by atoms with Gasteiger partial charge in [0.05, 0.1) is 17.4 Å². The van der Waals surface area contributed by atoms with Crippen molar-refractivity contribution >= 4 is 24.1 Å². The maximum atomic E-state index is 11.6. The van der Waals surface area contributed by atoms with Gasteiger partial charge in [-0.1, -0.05) is 12.1 Å². The van der Waals surface area contributed by atoms with E-state index in [9.17, 15) is 14.9 Å². The normalized spacial score (nSPS) is 12.2. The SMILES string of the molecule is COC(=O)C(C)(C)[C@H](N)c1cccc([N+](=O)[O-])c1.Cl. The fourth-order valence-corrected chi connectivity index (χ4v) is 1.64. The van der Waals surface area contributed by atoms with E-state index in [1.807, 2.05) is 0 Å². The molecular weight excluding hydrogens is 272 g/mol. The molecule has 0 spiro atoms. The third kappa shape index (κ3) is 3.65. The van der Waals surface area contributed by atoms with Crippen molar-refractivity contribution in [2.45, 2.75) is 19.9 Å². The number of non-ortho nitro benzene ring substituents is 1. The van der Waals surface area contributed by atoms with E-state index < -0.39 is 22.3 Å². The van der Waals surface area contributed by atoms with Crippen LogP contribution in [0.4, 0.5) is 5.69 Å². The zero-order valence-electron chi connectivity index (χ0n) is 11.0. The van der Waals surface area contributed by atoms with Crippen molar-refractivity contribution in [3.8, 4) is 0 Å². The Hall–Kier alpha value is -1.66. The standard InChI is InChI=1S/C12H16N2O4.ClH/c1-12(2,11(15)18-3)10(13)8-5-4-6-9(7-8)14(16)17;/h4-7,10H,13H2,1-3H3;1H/t10-;/m1./s1. The number of nitro groups is 1. The van der Waals surface area contributed by atoms with Crippen LogP contribution in [0, 0.1) is 15.5 Å². The van der Waals surface area contributed by atoms with Gasteiger partial charge < -0.3 is 10.5 Å². The van der Waals surface area contributed by atoms with Crippen LogP contribution in [0.25, 0.3) is 0 Å². The molecule has 19 heavy (non-hydrogen) atoms. The van der Waals surface area contributed by atoms with Crippen LogP contribution in [0.2, 0.25) is 0 Å². The van der Waals surface area contributed by atoms with Gasteiger partial charge in [-0.05, 0) is 19.4 Å². The lowest BCUT2D eigenvalue weighted by atomic mass is 9.81. The lowest BCUT2D eigenvalue weighted by molar-refractivity contribution is -0.384. The fraction of sp³-hybridized carbons (Fsp3) is 0.417. The minimum atomic E-state index is -0.954. The number of rotatable bonds is 4. The number of carbonyl (C=O) groups is 1. The number of nitro benzene ring substituents is 1. The Bertz CT molecular complexity index is 477. The minimum absolute atomic E-state index is 0. The summed E-state index contributed by atoms with van der Waals surface area (Å²) in [7, 11) is 1.28. The summed E-state index contributed by atoms with van der Waals surface area (Å²) >= 11 is 0. The molecule has 2 N–H and O–H groups in total. The molecule has 0 bridgehead atoms. The van der Waals surface area contributed by atoms with Crippen LogP contribution < -0.4 is 5.73 Å². The third-order valence-corrected chi connectivity index (χ3v) is 2.93. The van der Waals surface area contributed by atoms with Gasteiger partial charge in [0.25, 0.3) is 5.69 Å². The number of hydrogen-bond donors (Lipinski definition) is 1. The third-order valence-electron chi connectivity index (χ3n) is 2.93. The van der Waals surface area contributed by atoms with Crippen molar-refractivity contribution in [3.63, 3.8) is 0 Å². The van der Waals surface area contributed by atoms with Crippen molar-refractivity contribution in [1.29, 1.82) is 0 Å². The van der Waals surface area contributed by atoms with Gasteiger partial charge in [-0.3, -0.25) is 14.9 Å². The zero-order valence-corrected chi connectivity index (χ0v) is 11.8. The summed E-state index contributed by atoms with van der Waals surface area (Å²) in [5.74, 6) is -0.457. The first-order valence-electron chi connectivity index (χ1n) is 5.39. The largest absolute Gasteiger partial charge is 0.469 e. The maximum absolute atomic E-state index is 11.6. The molecule has 0 fully saturated rings. The second kappa shape index (κ2) is 6.49. The van der Waals surface area contributed by atoms with Gasteiger partial charge in [0.1, 0.15) is 0 Å². The van der Waals surface area contributed by atoms with Crippen molar-refractivity contribution in [2.75, 3.05) is 7.11 Å². The first-order valence-corrected chi connectivity index (χ1v) is 5.39. The van der Waals surface area contributed by atoms with E-state index in [-0.39, 0.29) is 18.1 Å². The summed E-state index contributed by atoms with van der Waals surface area (Å²) in [5, 5.41) is 10.7. The molecule has 106 valence electrons. The molecule has 1 aromatic carbocycles. The van der Waals surface area contributed by atoms with E-state index in [1.165, 1.54) is 19.2 Å². The molecule has 1 atom stereocenters. The van der Waals surface area contributed by atoms with E-state index in [2.05, 4.69) is 4.74 Å². The van der Waals surface area contributed by atoms with Crippen LogP contribution in [0.5, 0.6) is 0 Å². The summed E-state index contributed by atoms with van der Waals surface area (Å²) in [6, 6.07) is 5.27. The second-order valence-electron chi connectivity index (χ2n) is 4.54. The molecule has 6 nitrogen and oxygen atoms in total. The van der Waals surface area contributed by atoms with Crippen LogP contribution in [0.3, 0.4) is 0 Å². The van der Waals surface area contributed by atoms with Gasteiger partial charge in [0, 0.05) is 18.2 Å². The highest BCUT2D eigenvalue weighted by molar-refractivity contribution is 5.85. The highest BCUT2D eigenvalue weighted by atomic mass is 35.5. The van der Waals surface area contributed by atoms with Gasteiger partial charge in [-0.2, -0.15) is 0 Å². The van der Waals surface area contributed by atoms with Crippen LogP contribution in [0.15, 0.2) is 24.3 Å². The van der Waals surface area contributed by atoms with Crippen molar-refractivity contribution < 1.29 is 14.5 Å². The Morgan fingerprint density at radius 3 is 2.53 bits per heavy atom. The monoisotopic (exact) mass is 288 g/mol. The molecule has 0 aliphatic carbocycles. The van der Waals surface area contributed by atoms with Crippen LogP contribution in [0.1, 0.15) is 25.5 Å². The molecular formula is C12H17ClN2O4. The van der Waals surface area contributed by atoms with Crippen LogP contribution >= 0.6 is 12.4 Å². The summed E-state index contributed by atoms with van der Waals surface area (Å²) in [5.41, 5.74) is 5.52. The molecule has 0 aliphatic rings. The lowest BCUT2D eigenvalue weighted by Crippen LogP contribution is -2.37. The van der Waals surface area contributed by atoms with Gasteiger partial charge in [0.2, 0.25) is 0 Å². The van der Waals surface area contributed by atoms with E-state index in [4.69, 9.17) is 5.73 Å². The first kappa shape index (κ1) is 17.3. The van der Waals surface area contributed by atoms with Crippen LogP contribution in [-0.4, -0.2) is 18.0 Å². The number of hydrogen-bond acceptors (Lipinski definition) is 5. The molecule has 0 aromatic heterocycles. The van der Waals surface area contributed by atoms with Gasteiger partial charge in [-0.25, -0.2) is 0 Å². The number of benzene rings is 1. The molecule has 0 saturated carbocycles. The van der Waals surface area contributed by atoms with Gasteiger partial charge in [0.15, 0.2) is 0 Å². The number of carbonyl (C=O) groups excluding carboxylic acids is 1. The van der Waals surface area contributed by atoms with Gasteiger partial charge >= 0.3 is 5.97 Å². The highest BCUT2D eigenvalue weighted by Crippen LogP contribution is 2.33. The van der Waals surface area contributed by atoms with Crippen molar-refractivity contribution in [2.24, 2.45) is 11.1 Å². The average Bonchev–Trinajstić information content (AvgIpc) is 2.36. The molecule has 0 amide bonds. The molecule has 0 saturated heterocycles. The Balaban J connectivity index is 0.00000324. The number of nitrogens with two attached hydrogens (primary N) is 1. The maximum Gasteiger partial charge on any atom is 0.313 e. The highest BCUT2D eigenvalue weighted by Gasteiger charge is 2.37. The second-order valence-corrected chi connectivity index (χ2v) is 4.54. The van der Waals surface area contributed by atoms with E-state index >= 15 is 0 Å². The zero-order chi connectivity index (χ0) is 13.9. The van der Waals surface area contributed by atoms with Crippen LogP contribution in [-0.2, 0) is 9.53 Å². The Labute approximate surface area is 117 Å². The lowest BCUT2D eigenvalue weighted by Gasteiger charge is -2.28. The van der Waals surface area contributed by atoms with Crippen molar-refractivity contribution in [3.05, 3.63) is 39.9 Å². The number of halogens is 1. The Morgan fingerprint density at radius 2 is 2.05 bits per heavy atom. The average molecular weight is 289 g/mol. The Morgan fingerprint density at radius 1 is 1.47 bits per heavy atom. The minimum Gasteiger partial charge on any atom is -0.469 e. The molecule has 1 aromatic rings.